The van der Waals surface area contributed by atoms with Crippen LogP contribution in [0.3, 0.4) is 0 Å². The molecule has 2 fully saturated rings. The normalized spacial score (nSPS) is 20.6. The smallest absolute Gasteiger partial charge is 0.243 e. The first-order chi connectivity index (χ1) is 14.1. The predicted octanol–water partition coefficient (Wildman–Crippen LogP) is 0.221. The first-order valence-corrected chi connectivity index (χ1v) is 10.5. The third-order valence-corrected chi connectivity index (χ3v) is 5.35. The summed E-state index contributed by atoms with van der Waals surface area (Å²) in [5.41, 5.74) is 1.25. The van der Waals surface area contributed by atoms with Crippen LogP contribution in [0.4, 0.5) is 5.69 Å². The Morgan fingerprint density at radius 2 is 1.97 bits per heavy atom. The fourth-order valence-electron chi connectivity index (χ4n) is 3.54. The predicted molar refractivity (Wildman–Crippen MR) is 116 cm³/mol. The number of nitrogens with one attached hydrogen (secondary N) is 2. The van der Waals surface area contributed by atoms with E-state index in [2.05, 4.69) is 49.7 Å². The Morgan fingerprint density at radius 3 is 2.69 bits per heavy atom. The van der Waals surface area contributed by atoms with E-state index in [0.29, 0.717) is 12.0 Å². The van der Waals surface area contributed by atoms with Crippen LogP contribution >= 0.6 is 0 Å². The second kappa shape index (κ2) is 11.0. The Balaban J connectivity index is 1.52. The summed E-state index contributed by atoms with van der Waals surface area (Å²) in [6, 6.07) is 10.8. The van der Waals surface area contributed by atoms with Crippen LogP contribution in [0.25, 0.3) is 0 Å². The second-order valence-electron chi connectivity index (χ2n) is 7.75. The SMILES string of the molecule is CN(C)C(=O)CN=C(NCCN1CCOCC1)NC1CCN(c2ccccc2)C1. The maximum atomic E-state index is 12.0. The summed E-state index contributed by atoms with van der Waals surface area (Å²) in [5.74, 6) is 0.713. The Labute approximate surface area is 173 Å². The molecule has 0 saturated carbocycles. The summed E-state index contributed by atoms with van der Waals surface area (Å²) in [4.78, 5) is 22.8. The average molecular weight is 403 g/mol. The van der Waals surface area contributed by atoms with Crippen molar-refractivity contribution in [3.05, 3.63) is 30.3 Å². The number of benzene rings is 1. The molecule has 1 aromatic rings. The fourth-order valence-corrected chi connectivity index (χ4v) is 3.54. The third-order valence-electron chi connectivity index (χ3n) is 5.35. The average Bonchev–Trinajstić information content (AvgIpc) is 3.21. The highest BCUT2D eigenvalue weighted by molar-refractivity contribution is 5.85. The van der Waals surface area contributed by atoms with Crippen molar-refractivity contribution in [1.29, 1.82) is 0 Å². The molecular weight excluding hydrogens is 368 g/mol. The number of likely N-dealkylation sites (N-methyl/N-ethyl adjacent to an activating group) is 1. The summed E-state index contributed by atoms with van der Waals surface area (Å²) in [7, 11) is 3.51. The molecule has 3 rings (SSSR count). The number of carbonyl (C=O) groups excluding carboxylic acids is 1. The van der Waals surface area contributed by atoms with Gasteiger partial charge in [0.2, 0.25) is 5.91 Å². The van der Waals surface area contributed by atoms with Crippen LogP contribution in [0, 0.1) is 0 Å². The number of ether oxygens (including phenoxy) is 1. The van der Waals surface area contributed by atoms with Crippen LogP contribution in [0.2, 0.25) is 0 Å². The van der Waals surface area contributed by atoms with E-state index in [9.17, 15) is 4.79 Å². The number of morpholine rings is 1. The number of guanidine groups is 1. The van der Waals surface area contributed by atoms with Crippen molar-refractivity contribution in [3.63, 3.8) is 0 Å². The molecule has 0 bridgehead atoms. The molecule has 0 spiro atoms. The number of hydrogen-bond acceptors (Lipinski definition) is 5. The van der Waals surface area contributed by atoms with Crippen molar-refractivity contribution in [3.8, 4) is 0 Å². The van der Waals surface area contributed by atoms with E-state index in [1.807, 2.05) is 6.07 Å². The lowest BCUT2D eigenvalue weighted by Crippen LogP contribution is -2.48. The molecule has 2 aliphatic heterocycles. The van der Waals surface area contributed by atoms with E-state index in [0.717, 1.165) is 58.9 Å². The standard InChI is InChI=1S/C21H34N6O2/c1-25(2)20(28)16-23-21(22-9-11-26-12-14-29-15-13-26)24-18-8-10-27(17-18)19-6-4-3-5-7-19/h3-7,18H,8-17H2,1-2H3,(H2,22,23,24). The molecular formula is C21H34N6O2. The van der Waals surface area contributed by atoms with Crippen LogP contribution in [0.1, 0.15) is 6.42 Å². The summed E-state index contributed by atoms with van der Waals surface area (Å²) in [5, 5.41) is 6.94. The quantitative estimate of drug-likeness (QED) is 0.502. The van der Waals surface area contributed by atoms with Crippen LogP contribution in [0.15, 0.2) is 35.3 Å². The lowest BCUT2D eigenvalue weighted by molar-refractivity contribution is -0.127. The van der Waals surface area contributed by atoms with E-state index in [1.165, 1.54) is 5.69 Å². The zero-order valence-corrected chi connectivity index (χ0v) is 17.6. The molecule has 1 unspecified atom stereocenters. The monoisotopic (exact) mass is 402 g/mol. The van der Waals surface area contributed by atoms with Gasteiger partial charge in [0.05, 0.1) is 13.2 Å². The molecule has 160 valence electrons. The van der Waals surface area contributed by atoms with Crippen molar-refractivity contribution in [2.45, 2.75) is 12.5 Å². The number of para-hydroxylation sites is 1. The zero-order valence-electron chi connectivity index (χ0n) is 17.6. The molecule has 1 amide bonds. The largest absolute Gasteiger partial charge is 0.379 e. The van der Waals surface area contributed by atoms with Gasteiger partial charge in [-0.1, -0.05) is 18.2 Å². The van der Waals surface area contributed by atoms with Gasteiger partial charge in [-0.15, -0.1) is 0 Å². The summed E-state index contributed by atoms with van der Waals surface area (Å²) >= 11 is 0. The molecule has 1 aromatic carbocycles. The highest BCUT2D eigenvalue weighted by atomic mass is 16.5. The van der Waals surface area contributed by atoms with Gasteiger partial charge in [-0.3, -0.25) is 9.69 Å². The second-order valence-corrected chi connectivity index (χ2v) is 7.75. The number of hydrogen-bond donors (Lipinski definition) is 2. The zero-order chi connectivity index (χ0) is 20.5. The van der Waals surface area contributed by atoms with Crippen molar-refractivity contribution in [2.75, 3.05) is 78.0 Å². The fraction of sp³-hybridized carbons (Fsp3) is 0.619. The van der Waals surface area contributed by atoms with Gasteiger partial charge in [-0.25, -0.2) is 4.99 Å². The molecule has 2 heterocycles. The molecule has 2 N–H and O–H groups in total. The van der Waals surface area contributed by atoms with Gasteiger partial charge >= 0.3 is 0 Å². The van der Waals surface area contributed by atoms with Crippen molar-refractivity contribution < 1.29 is 9.53 Å². The molecule has 0 aliphatic carbocycles. The van der Waals surface area contributed by atoms with Gasteiger partial charge in [0.15, 0.2) is 5.96 Å². The van der Waals surface area contributed by atoms with Gasteiger partial charge in [-0.05, 0) is 18.6 Å². The lowest BCUT2D eigenvalue weighted by atomic mass is 10.2. The van der Waals surface area contributed by atoms with Crippen molar-refractivity contribution >= 4 is 17.6 Å². The summed E-state index contributed by atoms with van der Waals surface area (Å²) in [6.45, 7) is 7.35. The van der Waals surface area contributed by atoms with Crippen molar-refractivity contribution in [2.24, 2.45) is 4.99 Å². The van der Waals surface area contributed by atoms with E-state index in [-0.39, 0.29) is 12.5 Å². The first kappa shape index (κ1) is 21.4. The van der Waals surface area contributed by atoms with Crippen LogP contribution in [-0.2, 0) is 9.53 Å². The lowest BCUT2D eigenvalue weighted by Gasteiger charge is -2.27. The highest BCUT2D eigenvalue weighted by Gasteiger charge is 2.23. The minimum Gasteiger partial charge on any atom is -0.379 e. The van der Waals surface area contributed by atoms with Crippen molar-refractivity contribution in [1.82, 2.24) is 20.4 Å². The van der Waals surface area contributed by atoms with Gasteiger partial charge in [0.1, 0.15) is 6.54 Å². The number of carbonyl (C=O) groups is 1. The van der Waals surface area contributed by atoms with E-state index < -0.39 is 0 Å². The molecule has 8 heteroatoms. The number of aliphatic imine (C=N–C) groups is 1. The van der Waals surface area contributed by atoms with Gasteiger partial charge in [0, 0.05) is 65.1 Å². The topological polar surface area (TPSA) is 72.4 Å². The van der Waals surface area contributed by atoms with Gasteiger partial charge in [-0.2, -0.15) is 0 Å². The molecule has 0 aromatic heterocycles. The Hall–Kier alpha value is -2.32. The maximum absolute atomic E-state index is 12.0. The third kappa shape index (κ3) is 6.90. The molecule has 29 heavy (non-hydrogen) atoms. The van der Waals surface area contributed by atoms with E-state index >= 15 is 0 Å². The Bertz CT molecular complexity index is 660. The first-order valence-electron chi connectivity index (χ1n) is 10.5. The van der Waals surface area contributed by atoms with Gasteiger partial charge in [0.25, 0.3) is 0 Å². The molecule has 0 radical (unpaired) electrons. The van der Waals surface area contributed by atoms with Crippen LogP contribution < -0.4 is 15.5 Å². The Morgan fingerprint density at radius 1 is 1.21 bits per heavy atom. The van der Waals surface area contributed by atoms with E-state index in [4.69, 9.17) is 4.74 Å². The Kier molecular flexibility index (Phi) is 8.13. The minimum atomic E-state index is -0.00314. The molecule has 2 aliphatic rings. The van der Waals surface area contributed by atoms with Crippen LogP contribution in [-0.4, -0.2) is 101 Å². The molecule has 2 saturated heterocycles. The maximum Gasteiger partial charge on any atom is 0.243 e. The highest BCUT2D eigenvalue weighted by Crippen LogP contribution is 2.19. The summed E-state index contributed by atoms with van der Waals surface area (Å²) in [6.07, 6.45) is 1.04. The minimum absolute atomic E-state index is 0.00314. The number of anilines is 1. The number of nitrogens with zero attached hydrogens (tertiary/aromatic N) is 4. The van der Waals surface area contributed by atoms with E-state index in [1.54, 1.807) is 19.0 Å². The van der Waals surface area contributed by atoms with Crippen LogP contribution in [0.5, 0.6) is 0 Å². The summed E-state index contributed by atoms with van der Waals surface area (Å²) < 4.78 is 5.40. The molecule has 8 nitrogen and oxygen atoms in total. The van der Waals surface area contributed by atoms with Gasteiger partial charge < -0.3 is 25.2 Å². The number of amides is 1. The number of rotatable bonds is 7. The molecule has 1 atom stereocenters.